The first kappa shape index (κ1) is 15.9. The molecule has 1 N–H and O–H groups in total. The molecule has 0 aliphatic carbocycles. The van der Waals surface area contributed by atoms with Gasteiger partial charge in [0.15, 0.2) is 0 Å². The molecule has 0 spiro atoms. The van der Waals surface area contributed by atoms with Crippen molar-refractivity contribution >= 4 is 17.0 Å². The van der Waals surface area contributed by atoms with Gasteiger partial charge in [0, 0.05) is 35.9 Å². The van der Waals surface area contributed by atoms with Crippen LogP contribution >= 0.6 is 11.3 Å². The number of benzene rings is 1. The topological polar surface area (TPSA) is 48.3 Å². The number of nitriles is 1. The van der Waals surface area contributed by atoms with E-state index in [1.54, 1.807) is 18.4 Å². The summed E-state index contributed by atoms with van der Waals surface area (Å²) in [6.45, 7) is 3.10. The minimum absolute atomic E-state index is 0.487. The van der Waals surface area contributed by atoms with Gasteiger partial charge in [0.05, 0.1) is 18.4 Å². The molecule has 1 fully saturated rings. The van der Waals surface area contributed by atoms with Gasteiger partial charge in [-0.3, -0.25) is 4.90 Å². The van der Waals surface area contributed by atoms with Crippen LogP contribution in [0.2, 0.25) is 0 Å². The molecule has 0 radical (unpaired) electrons. The summed E-state index contributed by atoms with van der Waals surface area (Å²) in [5.41, 5.74) is 1.85. The summed E-state index contributed by atoms with van der Waals surface area (Å²) in [6, 6.07) is 12.8. The summed E-state index contributed by atoms with van der Waals surface area (Å²) in [7, 11) is 1.71. The number of anilines is 1. The molecular weight excluding hydrogens is 306 g/mol. The number of nitrogens with one attached hydrogen (secondary N) is 1. The van der Waals surface area contributed by atoms with Crippen LogP contribution in [0.5, 0.6) is 5.75 Å². The van der Waals surface area contributed by atoms with Crippen LogP contribution in [-0.2, 0) is 6.54 Å². The third-order valence-electron chi connectivity index (χ3n) is 4.22. The van der Waals surface area contributed by atoms with Crippen LogP contribution in [0.1, 0.15) is 23.3 Å². The maximum atomic E-state index is 8.90. The van der Waals surface area contributed by atoms with E-state index in [4.69, 9.17) is 10.00 Å². The van der Waals surface area contributed by atoms with Gasteiger partial charge < -0.3 is 10.1 Å². The highest BCUT2D eigenvalue weighted by atomic mass is 32.1. The average Bonchev–Trinajstić information content (AvgIpc) is 3.05. The molecule has 0 amide bonds. The molecule has 0 atom stereocenters. The highest BCUT2D eigenvalue weighted by Gasteiger charge is 2.20. The van der Waals surface area contributed by atoms with Crippen molar-refractivity contribution < 1.29 is 4.74 Å². The van der Waals surface area contributed by atoms with Crippen LogP contribution < -0.4 is 10.1 Å². The Morgan fingerprint density at radius 2 is 2.13 bits per heavy atom. The SMILES string of the molecule is COc1ccccc1NC1CCN(Cc2cc(C#N)cs2)CC1. The largest absolute Gasteiger partial charge is 0.495 e. The molecular formula is C18H21N3OS. The Morgan fingerprint density at radius 1 is 1.35 bits per heavy atom. The predicted octanol–water partition coefficient (Wildman–Crippen LogP) is 3.70. The summed E-state index contributed by atoms with van der Waals surface area (Å²) >= 11 is 1.68. The molecule has 1 saturated heterocycles. The van der Waals surface area contributed by atoms with Gasteiger partial charge >= 0.3 is 0 Å². The fraction of sp³-hybridized carbons (Fsp3) is 0.389. The summed E-state index contributed by atoms with van der Waals surface area (Å²) in [5.74, 6) is 0.901. The van der Waals surface area contributed by atoms with Gasteiger partial charge in [-0.2, -0.15) is 5.26 Å². The molecule has 4 nitrogen and oxygen atoms in total. The van der Waals surface area contributed by atoms with Crippen molar-refractivity contribution in [3.8, 4) is 11.8 Å². The standard InChI is InChI=1S/C18H21N3OS/c1-22-18-5-3-2-4-17(18)20-15-6-8-21(9-7-15)12-16-10-14(11-19)13-23-16/h2-5,10,13,15,20H,6-9,12H2,1H3. The molecule has 5 heteroatoms. The summed E-state index contributed by atoms with van der Waals surface area (Å²) in [6.07, 6.45) is 2.24. The average molecular weight is 327 g/mol. The summed E-state index contributed by atoms with van der Waals surface area (Å²) < 4.78 is 5.40. The molecule has 120 valence electrons. The van der Waals surface area contributed by atoms with Crippen molar-refractivity contribution in [1.29, 1.82) is 5.26 Å². The van der Waals surface area contributed by atoms with E-state index in [0.29, 0.717) is 6.04 Å². The van der Waals surface area contributed by atoms with E-state index in [-0.39, 0.29) is 0 Å². The minimum Gasteiger partial charge on any atom is -0.495 e. The number of nitrogens with zero attached hydrogens (tertiary/aromatic N) is 2. The van der Waals surface area contributed by atoms with Crippen molar-refractivity contribution in [2.24, 2.45) is 0 Å². The van der Waals surface area contributed by atoms with Gasteiger partial charge in [-0.25, -0.2) is 0 Å². The van der Waals surface area contributed by atoms with E-state index >= 15 is 0 Å². The second-order valence-electron chi connectivity index (χ2n) is 5.81. The van der Waals surface area contributed by atoms with Crippen molar-refractivity contribution in [3.63, 3.8) is 0 Å². The van der Waals surface area contributed by atoms with Crippen LogP contribution in [0.4, 0.5) is 5.69 Å². The fourth-order valence-corrected chi connectivity index (χ4v) is 3.81. The fourth-order valence-electron chi connectivity index (χ4n) is 2.96. The van der Waals surface area contributed by atoms with Crippen LogP contribution in [0.3, 0.4) is 0 Å². The van der Waals surface area contributed by atoms with Crippen LogP contribution in [0, 0.1) is 11.3 Å². The third-order valence-corrected chi connectivity index (χ3v) is 5.14. The molecule has 1 aliphatic rings. The van der Waals surface area contributed by atoms with Gasteiger partial charge in [-0.05, 0) is 31.0 Å². The van der Waals surface area contributed by atoms with E-state index < -0.39 is 0 Å². The molecule has 3 rings (SSSR count). The molecule has 0 bridgehead atoms. The van der Waals surface area contributed by atoms with Crippen LogP contribution in [-0.4, -0.2) is 31.1 Å². The first-order chi connectivity index (χ1) is 11.3. The number of ether oxygens (including phenoxy) is 1. The van der Waals surface area contributed by atoms with E-state index in [0.717, 1.165) is 49.5 Å². The lowest BCUT2D eigenvalue weighted by molar-refractivity contribution is 0.213. The number of thiophene rings is 1. The predicted molar refractivity (Wildman–Crippen MR) is 93.9 cm³/mol. The van der Waals surface area contributed by atoms with Crippen molar-refractivity contribution in [1.82, 2.24) is 4.90 Å². The maximum Gasteiger partial charge on any atom is 0.141 e. The Balaban J connectivity index is 1.51. The van der Waals surface area contributed by atoms with Crippen molar-refractivity contribution in [3.05, 3.63) is 46.2 Å². The third kappa shape index (κ3) is 4.04. The van der Waals surface area contributed by atoms with Gasteiger partial charge in [0.1, 0.15) is 11.8 Å². The van der Waals surface area contributed by atoms with E-state index in [9.17, 15) is 0 Å². The lowest BCUT2D eigenvalue weighted by Crippen LogP contribution is -2.38. The summed E-state index contributed by atoms with van der Waals surface area (Å²) in [5, 5.41) is 14.4. The molecule has 1 aromatic carbocycles. The Kier molecular flexibility index (Phi) is 5.16. The molecule has 1 aromatic heterocycles. The molecule has 2 aromatic rings. The molecule has 0 saturated carbocycles. The Morgan fingerprint density at radius 3 is 2.83 bits per heavy atom. The maximum absolute atomic E-state index is 8.90. The number of likely N-dealkylation sites (tertiary alicyclic amines) is 1. The second-order valence-corrected chi connectivity index (χ2v) is 6.80. The van der Waals surface area contributed by atoms with Gasteiger partial charge in [-0.15, -0.1) is 11.3 Å². The quantitative estimate of drug-likeness (QED) is 0.909. The number of hydrogen-bond acceptors (Lipinski definition) is 5. The number of para-hydroxylation sites is 2. The highest BCUT2D eigenvalue weighted by molar-refractivity contribution is 7.10. The number of methoxy groups -OCH3 is 1. The lowest BCUT2D eigenvalue weighted by Gasteiger charge is -2.32. The van der Waals surface area contributed by atoms with Gasteiger partial charge in [-0.1, -0.05) is 12.1 Å². The first-order valence-electron chi connectivity index (χ1n) is 7.88. The molecule has 23 heavy (non-hydrogen) atoms. The van der Waals surface area contributed by atoms with Gasteiger partial charge in [0.25, 0.3) is 0 Å². The van der Waals surface area contributed by atoms with E-state index in [1.807, 2.05) is 29.6 Å². The number of piperidine rings is 1. The molecule has 2 heterocycles. The first-order valence-corrected chi connectivity index (χ1v) is 8.76. The minimum atomic E-state index is 0.487. The second kappa shape index (κ2) is 7.49. The Labute approximate surface area is 141 Å². The van der Waals surface area contributed by atoms with E-state index in [1.165, 1.54) is 4.88 Å². The zero-order valence-electron chi connectivity index (χ0n) is 13.3. The molecule has 0 unspecified atom stereocenters. The van der Waals surface area contributed by atoms with Crippen molar-refractivity contribution in [2.45, 2.75) is 25.4 Å². The van der Waals surface area contributed by atoms with E-state index in [2.05, 4.69) is 22.4 Å². The summed E-state index contributed by atoms with van der Waals surface area (Å²) in [4.78, 5) is 3.74. The Bertz CT molecular complexity index is 684. The van der Waals surface area contributed by atoms with Crippen LogP contribution in [0.15, 0.2) is 35.7 Å². The monoisotopic (exact) mass is 327 g/mol. The Hall–Kier alpha value is -2.03. The highest BCUT2D eigenvalue weighted by Crippen LogP contribution is 2.26. The number of hydrogen-bond donors (Lipinski definition) is 1. The van der Waals surface area contributed by atoms with Crippen LogP contribution in [0.25, 0.3) is 0 Å². The normalized spacial score (nSPS) is 16.0. The van der Waals surface area contributed by atoms with Gasteiger partial charge in [0.2, 0.25) is 0 Å². The zero-order valence-corrected chi connectivity index (χ0v) is 14.1. The smallest absolute Gasteiger partial charge is 0.141 e. The lowest BCUT2D eigenvalue weighted by atomic mass is 10.0. The number of rotatable bonds is 5. The zero-order chi connectivity index (χ0) is 16.1. The van der Waals surface area contributed by atoms with Crippen molar-refractivity contribution in [2.75, 3.05) is 25.5 Å². The molecule has 1 aliphatic heterocycles.